The first-order chi connectivity index (χ1) is 7.59. The molecular formula is C8H8BrN3O2S2. The van der Waals surface area contributed by atoms with Crippen molar-refractivity contribution in [3.05, 3.63) is 34.1 Å². The molecule has 0 atom stereocenters. The number of imidazole rings is 1. The number of thiophene rings is 1. The summed E-state index contributed by atoms with van der Waals surface area (Å²) >= 11 is 4.36. The van der Waals surface area contributed by atoms with Crippen LogP contribution in [0.25, 0.3) is 0 Å². The van der Waals surface area contributed by atoms with Crippen LogP contribution >= 0.6 is 27.3 Å². The van der Waals surface area contributed by atoms with E-state index in [0.29, 0.717) is 4.47 Å². The first kappa shape index (κ1) is 11.8. The standard InChI is InChI=1S/C8H8BrN3O2S2/c9-7-1-2-15-8(7)16(13,14)12-4-6-3-10-5-11-6/h1-3,5,12H,4H2,(H,10,11). The summed E-state index contributed by atoms with van der Waals surface area (Å²) in [5.74, 6) is 0. The molecule has 2 aromatic rings. The highest BCUT2D eigenvalue weighted by Crippen LogP contribution is 2.27. The van der Waals surface area contributed by atoms with Crippen molar-refractivity contribution >= 4 is 37.3 Å². The number of nitrogens with one attached hydrogen (secondary N) is 2. The SMILES string of the molecule is O=S(=O)(NCc1cnc[nH]1)c1sccc1Br. The predicted octanol–water partition coefficient (Wildman–Crippen LogP) is 1.71. The van der Waals surface area contributed by atoms with Gasteiger partial charge in [0, 0.05) is 16.4 Å². The second kappa shape index (κ2) is 4.66. The van der Waals surface area contributed by atoms with Gasteiger partial charge in [-0.15, -0.1) is 11.3 Å². The summed E-state index contributed by atoms with van der Waals surface area (Å²) in [7, 11) is -3.45. The lowest BCUT2D eigenvalue weighted by Gasteiger charge is -2.03. The van der Waals surface area contributed by atoms with Crippen molar-refractivity contribution in [2.24, 2.45) is 0 Å². The van der Waals surface area contributed by atoms with Crippen molar-refractivity contribution in [2.75, 3.05) is 0 Å². The second-order valence-corrected chi connectivity index (χ2v) is 6.69. The van der Waals surface area contributed by atoms with E-state index in [1.807, 2.05) is 0 Å². The molecule has 2 aromatic heterocycles. The Hall–Kier alpha value is -0.700. The van der Waals surface area contributed by atoms with E-state index in [1.54, 1.807) is 17.6 Å². The molecule has 2 rings (SSSR count). The molecular weight excluding hydrogens is 314 g/mol. The molecule has 0 bridgehead atoms. The summed E-state index contributed by atoms with van der Waals surface area (Å²) in [5, 5.41) is 1.72. The van der Waals surface area contributed by atoms with Crippen molar-refractivity contribution in [1.82, 2.24) is 14.7 Å². The number of halogens is 1. The zero-order valence-corrected chi connectivity index (χ0v) is 11.2. The monoisotopic (exact) mass is 321 g/mol. The van der Waals surface area contributed by atoms with Gasteiger partial charge in [0.25, 0.3) is 10.0 Å². The lowest BCUT2D eigenvalue weighted by atomic mass is 10.5. The van der Waals surface area contributed by atoms with Gasteiger partial charge in [-0.05, 0) is 27.4 Å². The number of nitrogens with zero attached hydrogens (tertiary/aromatic N) is 1. The van der Waals surface area contributed by atoms with Crippen molar-refractivity contribution in [3.63, 3.8) is 0 Å². The fourth-order valence-corrected chi connectivity index (χ4v) is 4.48. The van der Waals surface area contributed by atoms with Crippen molar-refractivity contribution in [1.29, 1.82) is 0 Å². The van der Waals surface area contributed by atoms with Crippen molar-refractivity contribution in [2.45, 2.75) is 10.8 Å². The minimum Gasteiger partial charge on any atom is -0.347 e. The normalized spacial score (nSPS) is 11.8. The lowest BCUT2D eigenvalue weighted by molar-refractivity contribution is 0.582. The third kappa shape index (κ3) is 2.51. The van der Waals surface area contributed by atoms with Gasteiger partial charge in [-0.2, -0.15) is 0 Å². The molecule has 86 valence electrons. The molecule has 0 amide bonds. The molecule has 2 N–H and O–H groups in total. The van der Waals surface area contributed by atoms with Crippen molar-refractivity contribution < 1.29 is 8.42 Å². The van der Waals surface area contributed by atoms with Gasteiger partial charge < -0.3 is 4.98 Å². The van der Waals surface area contributed by atoms with Crippen LogP contribution in [0.5, 0.6) is 0 Å². The molecule has 0 aliphatic heterocycles. The van der Waals surface area contributed by atoms with Gasteiger partial charge in [0.1, 0.15) is 4.21 Å². The third-order valence-corrected chi connectivity index (χ3v) is 5.91. The first-order valence-electron chi connectivity index (χ1n) is 4.29. The number of H-pyrrole nitrogens is 1. The average Bonchev–Trinajstić information content (AvgIpc) is 2.85. The van der Waals surface area contributed by atoms with E-state index in [2.05, 4.69) is 30.6 Å². The van der Waals surface area contributed by atoms with Gasteiger partial charge in [0.05, 0.1) is 12.9 Å². The van der Waals surface area contributed by atoms with Crippen LogP contribution in [-0.2, 0) is 16.6 Å². The Morgan fingerprint density at radius 3 is 2.94 bits per heavy atom. The van der Waals surface area contributed by atoms with Gasteiger partial charge in [-0.3, -0.25) is 0 Å². The Morgan fingerprint density at radius 2 is 2.38 bits per heavy atom. The fraction of sp³-hybridized carbons (Fsp3) is 0.125. The average molecular weight is 322 g/mol. The Balaban J connectivity index is 2.13. The molecule has 0 aliphatic carbocycles. The van der Waals surface area contributed by atoms with Crippen LogP contribution in [-0.4, -0.2) is 18.4 Å². The Bertz CT molecular complexity index is 562. The largest absolute Gasteiger partial charge is 0.347 e. The van der Waals surface area contributed by atoms with Crippen LogP contribution < -0.4 is 4.72 Å². The maximum Gasteiger partial charge on any atom is 0.251 e. The van der Waals surface area contributed by atoms with Crippen LogP contribution in [0.3, 0.4) is 0 Å². The number of hydrogen-bond donors (Lipinski definition) is 2. The predicted molar refractivity (Wildman–Crippen MR) is 64.6 cm³/mol. The highest BCUT2D eigenvalue weighted by Gasteiger charge is 2.18. The van der Waals surface area contributed by atoms with Gasteiger partial charge in [-0.25, -0.2) is 18.1 Å². The molecule has 8 heteroatoms. The number of hydrogen-bond acceptors (Lipinski definition) is 4. The molecule has 0 radical (unpaired) electrons. The maximum atomic E-state index is 11.8. The molecule has 0 saturated carbocycles. The Kier molecular flexibility index (Phi) is 3.43. The van der Waals surface area contributed by atoms with E-state index in [4.69, 9.17) is 0 Å². The van der Waals surface area contributed by atoms with Crippen LogP contribution in [0.1, 0.15) is 5.69 Å². The Morgan fingerprint density at radius 1 is 1.56 bits per heavy atom. The van der Waals surface area contributed by atoms with Crippen LogP contribution in [0.2, 0.25) is 0 Å². The summed E-state index contributed by atoms with van der Waals surface area (Å²) in [5.41, 5.74) is 0.719. The molecule has 2 heterocycles. The lowest BCUT2D eigenvalue weighted by Crippen LogP contribution is -2.22. The van der Waals surface area contributed by atoms with Crippen LogP contribution in [0.15, 0.2) is 32.7 Å². The molecule has 0 unspecified atom stereocenters. The quantitative estimate of drug-likeness (QED) is 0.900. The number of aromatic amines is 1. The number of aromatic nitrogens is 2. The second-order valence-electron chi connectivity index (χ2n) is 2.96. The van der Waals surface area contributed by atoms with Gasteiger partial charge in [0.15, 0.2) is 0 Å². The summed E-state index contributed by atoms with van der Waals surface area (Å²) in [6, 6.07) is 1.70. The van der Waals surface area contributed by atoms with Gasteiger partial charge in [-0.1, -0.05) is 0 Å². The van der Waals surface area contributed by atoms with E-state index in [-0.39, 0.29) is 10.8 Å². The van der Waals surface area contributed by atoms with Crippen molar-refractivity contribution in [3.8, 4) is 0 Å². The molecule has 0 spiro atoms. The third-order valence-electron chi connectivity index (χ3n) is 1.84. The summed E-state index contributed by atoms with van der Waals surface area (Å²) < 4.78 is 27.0. The molecule has 0 aliphatic rings. The molecule has 0 fully saturated rings. The smallest absolute Gasteiger partial charge is 0.251 e. The van der Waals surface area contributed by atoms with E-state index < -0.39 is 10.0 Å². The van der Waals surface area contributed by atoms with E-state index in [0.717, 1.165) is 5.69 Å². The number of rotatable bonds is 4. The molecule has 0 aromatic carbocycles. The van der Waals surface area contributed by atoms with E-state index in [9.17, 15) is 8.42 Å². The topological polar surface area (TPSA) is 74.8 Å². The van der Waals surface area contributed by atoms with Crippen LogP contribution in [0, 0.1) is 0 Å². The molecule has 16 heavy (non-hydrogen) atoms. The Labute approximate surface area is 105 Å². The number of sulfonamides is 1. The van der Waals surface area contributed by atoms with Crippen LogP contribution in [0.4, 0.5) is 0 Å². The summed E-state index contributed by atoms with van der Waals surface area (Å²) in [6.07, 6.45) is 3.08. The highest BCUT2D eigenvalue weighted by atomic mass is 79.9. The molecule has 5 nitrogen and oxygen atoms in total. The van der Waals surface area contributed by atoms with E-state index in [1.165, 1.54) is 17.7 Å². The van der Waals surface area contributed by atoms with Gasteiger partial charge in [0.2, 0.25) is 0 Å². The highest BCUT2D eigenvalue weighted by molar-refractivity contribution is 9.10. The zero-order valence-electron chi connectivity index (χ0n) is 7.97. The fourth-order valence-electron chi connectivity index (χ4n) is 1.09. The minimum absolute atomic E-state index is 0.201. The molecule has 0 saturated heterocycles. The minimum atomic E-state index is -3.45. The van der Waals surface area contributed by atoms with E-state index >= 15 is 0 Å². The van der Waals surface area contributed by atoms with Gasteiger partial charge >= 0.3 is 0 Å². The summed E-state index contributed by atoms with van der Waals surface area (Å²) in [6.45, 7) is 0.201. The summed E-state index contributed by atoms with van der Waals surface area (Å²) in [4.78, 5) is 6.63. The maximum absolute atomic E-state index is 11.8. The zero-order chi connectivity index (χ0) is 11.6. The first-order valence-corrected chi connectivity index (χ1v) is 7.45.